The van der Waals surface area contributed by atoms with Crippen LogP contribution in [0.15, 0.2) is 46.3 Å². The van der Waals surface area contributed by atoms with Crippen molar-refractivity contribution < 1.29 is 22.5 Å². The van der Waals surface area contributed by atoms with Crippen molar-refractivity contribution in [2.24, 2.45) is 0 Å². The lowest BCUT2D eigenvalue weighted by molar-refractivity contribution is -0.162. The summed E-state index contributed by atoms with van der Waals surface area (Å²) >= 11 is 1.42. The maximum absolute atomic E-state index is 12.9. The van der Waals surface area contributed by atoms with E-state index < -0.39 is 18.6 Å². The first-order valence-corrected chi connectivity index (χ1v) is 9.42. The predicted molar refractivity (Wildman–Crippen MR) is 98.6 cm³/mol. The van der Waals surface area contributed by atoms with Crippen LogP contribution in [0.3, 0.4) is 0 Å². The summed E-state index contributed by atoms with van der Waals surface area (Å²) in [6, 6.07) is 11.6. The number of alkyl halides is 3. The van der Waals surface area contributed by atoms with Gasteiger partial charge in [-0.15, -0.1) is 11.3 Å². The maximum atomic E-state index is 12.9. The average molecular weight is 420 g/mol. The van der Waals surface area contributed by atoms with Gasteiger partial charge in [-0.2, -0.15) is 23.4 Å². The molecule has 0 saturated carbocycles. The molecule has 0 unspecified atom stereocenters. The van der Waals surface area contributed by atoms with E-state index >= 15 is 0 Å². The lowest BCUT2D eigenvalue weighted by Crippen LogP contribution is -2.38. The van der Waals surface area contributed by atoms with Gasteiger partial charge in [0.1, 0.15) is 6.54 Å². The van der Waals surface area contributed by atoms with Crippen LogP contribution < -0.4 is 0 Å². The standard InChI is InChI=1S/C19H15F3N4O2S/c20-19(21,22)12-26(11-14-5-3-13(10-23)4-6-14)17(27)8-7-16-24-18(25-28-16)15-2-1-9-29-15/h1-6,9H,7-8,11-12H2. The fourth-order valence-electron chi connectivity index (χ4n) is 2.59. The van der Waals surface area contributed by atoms with Crippen LogP contribution in [0.4, 0.5) is 13.2 Å². The number of hydrogen-bond acceptors (Lipinski definition) is 6. The summed E-state index contributed by atoms with van der Waals surface area (Å²) in [5.41, 5.74) is 0.889. The topological polar surface area (TPSA) is 83.0 Å². The van der Waals surface area contributed by atoms with E-state index in [1.54, 1.807) is 0 Å². The van der Waals surface area contributed by atoms with Crippen molar-refractivity contribution >= 4 is 17.2 Å². The molecule has 0 fully saturated rings. The Kier molecular flexibility index (Phi) is 6.29. The number of thiophene rings is 1. The number of nitrogens with zero attached hydrogens (tertiary/aromatic N) is 4. The van der Waals surface area contributed by atoms with Gasteiger partial charge < -0.3 is 9.42 Å². The van der Waals surface area contributed by atoms with Gasteiger partial charge in [-0.25, -0.2) is 0 Å². The molecule has 0 aliphatic carbocycles. The van der Waals surface area contributed by atoms with Gasteiger partial charge in [0.25, 0.3) is 0 Å². The first-order valence-electron chi connectivity index (χ1n) is 8.54. The number of nitriles is 1. The first kappa shape index (κ1) is 20.5. The molecule has 10 heteroatoms. The quantitative estimate of drug-likeness (QED) is 0.572. The van der Waals surface area contributed by atoms with E-state index in [9.17, 15) is 18.0 Å². The van der Waals surface area contributed by atoms with Crippen molar-refractivity contribution in [3.05, 3.63) is 58.8 Å². The molecule has 150 valence electrons. The number of halogens is 3. The molecule has 1 aromatic carbocycles. The Morgan fingerprint density at radius 2 is 2.00 bits per heavy atom. The van der Waals surface area contributed by atoms with E-state index in [0.29, 0.717) is 17.0 Å². The second-order valence-electron chi connectivity index (χ2n) is 6.16. The Balaban J connectivity index is 1.65. The second-order valence-corrected chi connectivity index (χ2v) is 7.11. The SMILES string of the molecule is N#Cc1ccc(CN(CC(F)(F)F)C(=O)CCc2nc(-c3cccs3)no2)cc1. The van der Waals surface area contributed by atoms with Crippen molar-refractivity contribution in [3.63, 3.8) is 0 Å². The smallest absolute Gasteiger partial charge is 0.339 e. The summed E-state index contributed by atoms with van der Waals surface area (Å²) in [4.78, 5) is 18.1. The Labute approximate surface area is 168 Å². The number of rotatable bonds is 7. The Bertz CT molecular complexity index is 992. The second kappa shape index (κ2) is 8.87. The minimum atomic E-state index is -4.53. The molecule has 3 aromatic rings. The van der Waals surface area contributed by atoms with E-state index in [0.717, 1.165) is 9.78 Å². The Morgan fingerprint density at radius 1 is 1.24 bits per heavy atom. The van der Waals surface area contributed by atoms with Gasteiger partial charge in [-0.1, -0.05) is 23.4 Å². The molecule has 0 N–H and O–H groups in total. The fourth-order valence-corrected chi connectivity index (χ4v) is 3.24. The molecular formula is C19H15F3N4O2S. The van der Waals surface area contributed by atoms with Crippen LogP contribution >= 0.6 is 11.3 Å². The lowest BCUT2D eigenvalue weighted by atomic mass is 10.1. The summed E-state index contributed by atoms with van der Waals surface area (Å²) in [5, 5.41) is 14.5. The number of aryl methyl sites for hydroxylation is 1. The highest BCUT2D eigenvalue weighted by Gasteiger charge is 2.33. The van der Waals surface area contributed by atoms with E-state index in [1.807, 2.05) is 23.6 Å². The largest absolute Gasteiger partial charge is 0.406 e. The summed E-state index contributed by atoms with van der Waals surface area (Å²) in [6.45, 7) is -1.58. The minimum absolute atomic E-state index is 0.0406. The highest BCUT2D eigenvalue weighted by molar-refractivity contribution is 7.13. The molecule has 1 amide bonds. The molecule has 0 bridgehead atoms. The van der Waals surface area contributed by atoms with Crippen molar-refractivity contribution in [1.82, 2.24) is 15.0 Å². The van der Waals surface area contributed by atoms with Gasteiger partial charge in [0.05, 0.1) is 16.5 Å². The van der Waals surface area contributed by atoms with Gasteiger partial charge in [0, 0.05) is 19.4 Å². The third kappa shape index (κ3) is 5.89. The zero-order valence-electron chi connectivity index (χ0n) is 15.0. The minimum Gasteiger partial charge on any atom is -0.339 e. The molecule has 3 rings (SSSR count). The third-order valence-electron chi connectivity index (χ3n) is 3.94. The monoisotopic (exact) mass is 420 g/mol. The average Bonchev–Trinajstić information content (AvgIpc) is 3.36. The van der Waals surface area contributed by atoms with E-state index in [4.69, 9.17) is 9.78 Å². The number of carbonyl (C=O) groups is 1. The molecule has 0 saturated heterocycles. The molecular weight excluding hydrogens is 405 g/mol. The normalized spacial score (nSPS) is 11.2. The van der Waals surface area contributed by atoms with E-state index in [-0.39, 0.29) is 25.3 Å². The highest BCUT2D eigenvalue weighted by atomic mass is 32.1. The van der Waals surface area contributed by atoms with Crippen LogP contribution in [0.25, 0.3) is 10.7 Å². The summed E-state index contributed by atoms with van der Waals surface area (Å²) < 4.78 is 43.9. The zero-order chi connectivity index (χ0) is 20.9. The number of hydrogen-bond donors (Lipinski definition) is 0. The van der Waals surface area contributed by atoms with Crippen molar-refractivity contribution in [2.45, 2.75) is 25.6 Å². The van der Waals surface area contributed by atoms with Crippen LogP contribution in [0.2, 0.25) is 0 Å². The van der Waals surface area contributed by atoms with Crippen LogP contribution in [0, 0.1) is 11.3 Å². The molecule has 0 spiro atoms. The van der Waals surface area contributed by atoms with Crippen molar-refractivity contribution in [1.29, 1.82) is 5.26 Å². The third-order valence-corrected chi connectivity index (χ3v) is 4.81. The molecule has 0 aliphatic rings. The molecule has 2 heterocycles. The molecule has 0 radical (unpaired) electrons. The molecule has 6 nitrogen and oxygen atoms in total. The van der Waals surface area contributed by atoms with Crippen LogP contribution in [0.5, 0.6) is 0 Å². The lowest BCUT2D eigenvalue weighted by Gasteiger charge is -2.24. The predicted octanol–water partition coefficient (Wildman–Crippen LogP) is 4.19. The van der Waals surface area contributed by atoms with Crippen molar-refractivity contribution in [3.8, 4) is 16.8 Å². The van der Waals surface area contributed by atoms with Gasteiger partial charge >= 0.3 is 6.18 Å². The molecule has 0 atom stereocenters. The maximum Gasteiger partial charge on any atom is 0.406 e. The Hall–Kier alpha value is -3.19. The highest BCUT2D eigenvalue weighted by Crippen LogP contribution is 2.22. The van der Waals surface area contributed by atoms with Gasteiger partial charge in [-0.3, -0.25) is 4.79 Å². The molecule has 29 heavy (non-hydrogen) atoms. The summed E-state index contributed by atoms with van der Waals surface area (Å²) in [5.74, 6) is -0.109. The number of aromatic nitrogens is 2. The van der Waals surface area contributed by atoms with Crippen molar-refractivity contribution in [2.75, 3.05) is 6.54 Å². The fraction of sp³-hybridized carbons (Fsp3) is 0.263. The summed E-state index contributed by atoms with van der Waals surface area (Å²) in [6.07, 6.45) is -4.68. The zero-order valence-corrected chi connectivity index (χ0v) is 15.8. The van der Waals surface area contributed by atoms with Crippen LogP contribution in [0.1, 0.15) is 23.4 Å². The number of carbonyl (C=O) groups excluding carboxylic acids is 1. The van der Waals surface area contributed by atoms with Gasteiger partial charge in [0.15, 0.2) is 0 Å². The van der Waals surface area contributed by atoms with Crippen LogP contribution in [-0.2, 0) is 17.8 Å². The van der Waals surface area contributed by atoms with Gasteiger partial charge in [0.2, 0.25) is 17.6 Å². The van der Waals surface area contributed by atoms with Crippen LogP contribution in [-0.4, -0.2) is 33.7 Å². The molecule has 2 aromatic heterocycles. The molecule has 0 aliphatic heterocycles. The summed E-state index contributed by atoms with van der Waals surface area (Å²) in [7, 11) is 0. The van der Waals surface area contributed by atoms with E-state index in [2.05, 4.69) is 10.1 Å². The van der Waals surface area contributed by atoms with E-state index in [1.165, 1.54) is 35.6 Å². The van der Waals surface area contributed by atoms with Gasteiger partial charge in [-0.05, 0) is 29.1 Å². The number of benzene rings is 1. The first-order chi connectivity index (χ1) is 13.8. The Morgan fingerprint density at radius 3 is 2.62 bits per heavy atom. The number of amides is 1.